The van der Waals surface area contributed by atoms with E-state index in [1.807, 2.05) is 0 Å². The minimum atomic E-state index is -4.42. The van der Waals surface area contributed by atoms with Gasteiger partial charge in [0.1, 0.15) is 5.69 Å². The molecule has 2 aromatic heterocycles. The molecule has 0 unspecified atom stereocenters. The molecule has 0 bridgehead atoms. The van der Waals surface area contributed by atoms with Gasteiger partial charge in [0.15, 0.2) is 0 Å². The van der Waals surface area contributed by atoms with Crippen molar-refractivity contribution in [2.75, 3.05) is 0 Å². The lowest BCUT2D eigenvalue weighted by atomic mass is 10.1. The van der Waals surface area contributed by atoms with E-state index in [-0.39, 0.29) is 6.54 Å². The van der Waals surface area contributed by atoms with E-state index in [1.165, 1.54) is 12.3 Å². The molecule has 0 amide bonds. The summed E-state index contributed by atoms with van der Waals surface area (Å²) in [5.74, 6) is 0. The quantitative estimate of drug-likeness (QED) is 0.895. The topological polar surface area (TPSA) is 51.8 Å². The zero-order valence-corrected chi connectivity index (χ0v) is 9.28. The molecule has 0 aliphatic heterocycles. The van der Waals surface area contributed by atoms with Crippen LogP contribution in [0.4, 0.5) is 13.2 Å². The van der Waals surface area contributed by atoms with Crippen LogP contribution < -0.4 is 5.73 Å². The van der Waals surface area contributed by atoms with Crippen LogP contribution in [-0.2, 0) is 12.7 Å². The second-order valence-electron chi connectivity index (χ2n) is 3.67. The van der Waals surface area contributed by atoms with Crippen molar-refractivity contribution in [2.24, 2.45) is 5.73 Å². The number of aromatic nitrogens is 2. The maximum atomic E-state index is 12.4. The van der Waals surface area contributed by atoms with Crippen LogP contribution in [-0.4, -0.2) is 9.97 Å². The van der Waals surface area contributed by atoms with E-state index in [0.29, 0.717) is 11.3 Å². The van der Waals surface area contributed by atoms with Crippen LogP contribution in [0.3, 0.4) is 0 Å². The summed E-state index contributed by atoms with van der Waals surface area (Å²) in [6.45, 7) is 0.280. The van der Waals surface area contributed by atoms with Crippen molar-refractivity contribution < 1.29 is 13.2 Å². The molecule has 0 saturated carbocycles. The van der Waals surface area contributed by atoms with Crippen LogP contribution in [0.1, 0.15) is 11.4 Å². The van der Waals surface area contributed by atoms with Gasteiger partial charge >= 0.3 is 6.18 Å². The first-order chi connectivity index (χ1) is 8.50. The first-order valence-corrected chi connectivity index (χ1v) is 5.19. The van der Waals surface area contributed by atoms with E-state index in [2.05, 4.69) is 9.97 Å². The Bertz CT molecular complexity index is 535. The van der Waals surface area contributed by atoms with Gasteiger partial charge in [-0.05, 0) is 23.8 Å². The molecule has 2 rings (SSSR count). The van der Waals surface area contributed by atoms with Gasteiger partial charge < -0.3 is 5.73 Å². The first kappa shape index (κ1) is 12.5. The number of rotatable bonds is 2. The van der Waals surface area contributed by atoms with E-state index in [0.717, 1.165) is 11.6 Å². The molecule has 0 radical (unpaired) electrons. The van der Waals surface area contributed by atoms with Crippen LogP contribution in [0.25, 0.3) is 11.1 Å². The summed E-state index contributed by atoms with van der Waals surface area (Å²) < 4.78 is 37.1. The Morgan fingerprint density at radius 3 is 2.39 bits per heavy atom. The standard InChI is InChI=1S/C12H10F3N3/c13-12(14,15)11-2-1-9(7-18-11)8-3-4-17-10(5-8)6-16/h1-5,7H,6,16H2. The van der Waals surface area contributed by atoms with Crippen molar-refractivity contribution in [2.45, 2.75) is 12.7 Å². The van der Waals surface area contributed by atoms with E-state index in [4.69, 9.17) is 5.73 Å². The molecule has 0 aliphatic rings. The molecule has 2 N–H and O–H groups in total. The fourth-order valence-corrected chi connectivity index (χ4v) is 1.50. The van der Waals surface area contributed by atoms with Crippen LogP contribution in [0, 0.1) is 0 Å². The lowest BCUT2D eigenvalue weighted by Gasteiger charge is -2.07. The highest BCUT2D eigenvalue weighted by Crippen LogP contribution is 2.28. The van der Waals surface area contributed by atoms with Crippen LogP contribution >= 0.6 is 0 Å². The Morgan fingerprint density at radius 1 is 1.06 bits per heavy atom. The molecular formula is C12H10F3N3. The molecule has 2 aromatic rings. The zero-order chi connectivity index (χ0) is 13.2. The summed E-state index contributed by atoms with van der Waals surface area (Å²) >= 11 is 0. The summed E-state index contributed by atoms with van der Waals surface area (Å²) in [4.78, 5) is 7.42. The predicted octanol–water partition coefficient (Wildman–Crippen LogP) is 2.62. The fraction of sp³-hybridized carbons (Fsp3) is 0.167. The smallest absolute Gasteiger partial charge is 0.325 e. The Labute approximate surface area is 101 Å². The molecule has 6 heteroatoms. The highest BCUT2D eigenvalue weighted by atomic mass is 19.4. The van der Waals surface area contributed by atoms with Crippen LogP contribution in [0.2, 0.25) is 0 Å². The molecule has 18 heavy (non-hydrogen) atoms. The number of halogens is 3. The largest absolute Gasteiger partial charge is 0.433 e. The SMILES string of the molecule is NCc1cc(-c2ccc(C(F)(F)F)nc2)ccn1. The number of nitrogens with two attached hydrogens (primary N) is 1. The van der Waals surface area contributed by atoms with Crippen LogP contribution in [0.5, 0.6) is 0 Å². The van der Waals surface area contributed by atoms with Crippen molar-refractivity contribution >= 4 is 0 Å². The van der Waals surface area contributed by atoms with E-state index >= 15 is 0 Å². The average Bonchev–Trinajstić information content (AvgIpc) is 2.38. The number of hydrogen-bond donors (Lipinski definition) is 1. The van der Waals surface area contributed by atoms with Crippen LogP contribution in [0.15, 0.2) is 36.7 Å². The van der Waals surface area contributed by atoms with Gasteiger partial charge in [0.25, 0.3) is 0 Å². The number of alkyl halides is 3. The molecule has 0 aliphatic carbocycles. The highest BCUT2D eigenvalue weighted by Gasteiger charge is 2.32. The van der Waals surface area contributed by atoms with Gasteiger partial charge in [-0.2, -0.15) is 13.2 Å². The number of nitrogens with zero attached hydrogens (tertiary/aromatic N) is 2. The molecule has 0 saturated heterocycles. The lowest BCUT2D eigenvalue weighted by Crippen LogP contribution is -2.07. The Kier molecular flexibility index (Phi) is 3.29. The van der Waals surface area contributed by atoms with Gasteiger partial charge in [0, 0.05) is 24.5 Å². The number of pyridine rings is 2. The second kappa shape index (κ2) is 4.73. The molecule has 2 heterocycles. The third-order valence-electron chi connectivity index (χ3n) is 2.41. The molecule has 0 aromatic carbocycles. The average molecular weight is 253 g/mol. The molecular weight excluding hydrogens is 243 g/mol. The van der Waals surface area contributed by atoms with Crippen molar-refractivity contribution in [3.05, 3.63) is 48.0 Å². The zero-order valence-electron chi connectivity index (χ0n) is 9.28. The van der Waals surface area contributed by atoms with Gasteiger partial charge in [-0.3, -0.25) is 9.97 Å². The van der Waals surface area contributed by atoms with Crippen molar-refractivity contribution in [3.63, 3.8) is 0 Å². The van der Waals surface area contributed by atoms with Gasteiger partial charge in [-0.1, -0.05) is 6.07 Å². The van der Waals surface area contributed by atoms with Crippen molar-refractivity contribution in [1.29, 1.82) is 0 Å². The van der Waals surface area contributed by atoms with Crippen molar-refractivity contribution in [1.82, 2.24) is 9.97 Å². The van der Waals surface area contributed by atoms with Gasteiger partial charge in [0.05, 0.1) is 5.69 Å². The predicted molar refractivity (Wildman–Crippen MR) is 60.4 cm³/mol. The van der Waals surface area contributed by atoms with E-state index < -0.39 is 11.9 Å². The monoisotopic (exact) mass is 253 g/mol. The Balaban J connectivity index is 2.34. The summed E-state index contributed by atoms with van der Waals surface area (Å²) in [5.41, 5.74) is 6.56. The third-order valence-corrected chi connectivity index (χ3v) is 2.41. The fourth-order valence-electron chi connectivity index (χ4n) is 1.50. The highest BCUT2D eigenvalue weighted by molar-refractivity contribution is 5.62. The summed E-state index contributed by atoms with van der Waals surface area (Å²) in [7, 11) is 0. The van der Waals surface area contributed by atoms with E-state index in [1.54, 1.807) is 18.3 Å². The summed E-state index contributed by atoms with van der Waals surface area (Å²) in [5, 5.41) is 0. The first-order valence-electron chi connectivity index (χ1n) is 5.19. The van der Waals surface area contributed by atoms with Gasteiger partial charge in [0.2, 0.25) is 0 Å². The maximum absolute atomic E-state index is 12.4. The maximum Gasteiger partial charge on any atom is 0.433 e. The summed E-state index contributed by atoms with van der Waals surface area (Å²) in [6, 6.07) is 5.76. The molecule has 94 valence electrons. The minimum absolute atomic E-state index is 0.280. The molecule has 0 atom stereocenters. The van der Waals surface area contributed by atoms with E-state index in [9.17, 15) is 13.2 Å². The minimum Gasteiger partial charge on any atom is -0.325 e. The van der Waals surface area contributed by atoms with Gasteiger partial charge in [-0.25, -0.2) is 0 Å². The van der Waals surface area contributed by atoms with Crippen molar-refractivity contribution in [3.8, 4) is 11.1 Å². The Morgan fingerprint density at radius 2 is 1.83 bits per heavy atom. The lowest BCUT2D eigenvalue weighted by molar-refractivity contribution is -0.141. The Hall–Kier alpha value is -1.95. The second-order valence-corrected chi connectivity index (χ2v) is 3.67. The molecule has 3 nitrogen and oxygen atoms in total. The van der Waals surface area contributed by atoms with Gasteiger partial charge in [-0.15, -0.1) is 0 Å². The molecule has 0 fully saturated rings. The number of hydrogen-bond acceptors (Lipinski definition) is 3. The normalized spacial score (nSPS) is 11.6. The third kappa shape index (κ3) is 2.65. The summed E-state index contributed by atoms with van der Waals surface area (Å²) in [6.07, 6.45) is -1.66. The molecule has 0 spiro atoms.